The van der Waals surface area contributed by atoms with Crippen LogP contribution in [-0.4, -0.2) is 87.9 Å². The molecule has 2 aliphatic rings. The molecule has 2 aliphatic heterocycles. The first kappa shape index (κ1) is 37.9. The van der Waals surface area contributed by atoms with Gasteiger partial charge in [-0.1, -0.05) is 30.2 Å². The number of benzene rings is 1. The Kier molecular flexibility index (Phi) is 14.5. The molecule has 1 aromatic carbocycles. The smallest absolute Gasteiger partial charge is 0.222 e. The van der Waals surface area contributed by atoms with Gasteiger partial charge in [0.15, 0.2) is 5.82 Å². The summed E-state index contributed by atoms with van der Waals surface area (Å²) in [6.07, 6.45) is 4.53. The molecule has 3 N–H and O–H groups in total. The fourth-order valence-corrected chi connectivity index (χ4v) is 7.23. The summed E-state index contributed by atoms with van der Waals surface area (Å²) in [6.45, 7) is 11.6. The van der Waals surface area contributed by atoms with E-state index in [1.165, 1.54) is 4.88 Å². The highest BCUT2D eigenvalue weighted by molar-refractivity contribution is 7.15. The van der Waals surface area contributed by atoms with Crippen LogP contribution in [0.4, 0.5) is 0 Å². The van der Waals surface area contributed by atoms with E-state index in [-0.39, 0.29) is 43.0 Å². The standard InChI is InChI=1S/C32H43ClN8O2S.2ClH/c1-21-22(2)44-32-29(21)30(24-9-11-25(33)12-10-24)36-26(31-38-37-23(3)41(31)32)20-27(42)35-14-7-15-39-16-18-40(19-17-39)28(43)8-5-4-6-13-34;;/h9-12,26H,4-8,13-20,34H2,1-3H3,(H,35,42);2*1H. The molecule has 0 spiro atoms. The van der Waals surface area contributed by atoms with Crippen LogP contribution in [0.3, 0.4) is 0 Å². The SMILES string of the molecule is Cc1sc2c(c1C)C(c1ccc(Cl)cc1)=NC(CC(=O)NCCCN1CCN(C(=O)CCCCCN)CC1)c1nnc(C)n1-2.Cl.Cl. The molecule has 46 heavy (non-hydrogen) atoms. The Balaban J connectivity index is 0.00000288. The second-order valence-electron chi connectivity index (χ2n) is 11.6. The lowest BCUT2D eigenvalue weighted by atomic mass is 9.99. The van der Waals surface area contributed by atoms with E-state index in [1.54, 1.807) is 11.3 Å². The first-order valence-electron chi connectivity index (χ1n) is 15.6. The van der Waals surface area contributed by atoms with Crippen LogP contribution in [-0.2, 0) is 9.59 Å². The largest absolute Gasteiger partial charge is 0.356 e. The van der Waals surface area contributed by atoms with E-state index < -0.39 is 6.04 Å². The molecule has 252 valence electrons. The molecule has 14 heteroatoms. The molecule has 0 bridgehead atoms. The van der Waals surface area contributed by atoms with Gasteiger partial charge >= 0.3 is 0 Å². The zero-order valence-electron chi connectivity index (χ0n) is 26.8. The van der Waals surface area contributed by atoms with Crippen LogP contribution in [0.25, 0.3) is 5.00 Å². The summed E-state index contributed by atoms with van der Waals surface area (Å²) in [5.41, 5.74) is 9.55. The summed E-state index contributed by atoms with van der Waals surface area (Å²) in [6, 6.07) is 7.21. The number of carbonyl (C=O) groups excluding carboxylic acids is 2. The predicted octanol–water partition coefficient (Wildman–Crippen LogP) is 5.20. The lowest BCUT2D eigenvalue weighted by molar-refractivity contribution is -0.133. The number of hydrogen-bond acceptors (Lipinski definition) is 8. The molecule has 3 aromatic rings. The maximum absolute atomic E-state index is 13.2. The molecule has 2 aromatic heterocycles. The summed E-state index contributed by atoms with van der Waals surface area (Å²) in [4.78, 5) is 36.4. The van der Waals surface area contributed by atoms with Crippen LogP contribution in [0, 0.1) is 20.8 Å². The van der Waals surface area contributed by atoms with Crippen LogP contribution < -0.4 is 11.1 Å². The second-order valence-corrected chi connectivity index (χ2v) is 13.3. The van der Waals surface area contributed by atoms with Crippen LogP contribution in [0.15, 0.2) is 29.3 Å². The van der Waals surface area contributed by atoms with Crippen molar-refractivity contribution in [2.45, 2.75) is 65.3 Å². The van der Waals surface area contributed by atoms with Gasteiger partial charge < -0.3 is 16.0 Å². The van der Waals surface area contributed by atoms with Crippen LogP contribution >= 0.6 is 47.8 Å². The van der Waals surface area contributed by atoms with Gasteiger partial charge in [0.2, 0.25) is 11.8 Å². The third-order valence-corrected chi connectivity index (χ3v) is 9.97. The number of carbonyl (C=O) groups is 2. The molecule has 1 fully saturated rings. The van der Waals surface area contributed by atoms with Gasteiger partial charge in [-0.2, -0.15) is 0 Å². The normalized spacial score (nSPS) is 16.0. The molecule has 0 saturated carbocycles. The number of thiophene rings is 1. The highest BCUT2D eigenvalue weighted by Gasteiger charge is 2.32. The van der Waals surface area contributed by atoms with E-state index in [9.17, 15) is 9.59 Å². The third kappa shape index (κ3) is 8.87. The molecule has 1 atom stereocenters. The van der Waals surface area contributed by atoms with E-state index >= 15 is 0 Å². The van der Waals surface area contributed by atoms with Gasteiger partial charge in [0.05, 0.1) is 12.1 Å². The number of nitrogens with two attached hydrogens (primary N) is 1. The lowest BCUT2D eigenvalue weighted by Crippen LogP contribution is -2.49. The van der Waals surface area contributed by atoms with Gasteiger partial charge in [-0.15, -0.1) is 46.3 Å². The van der Waals surface area contributed by atoms with Crippen LogP contribution in [0.5, 0.6) is 0 Å². The zero-order valence-corrected chi connectivity index (χ0v) is 30.0. The maximum Gasteiger partial charge on any atom is 0.222 e. The van der Waals surface area contributed by atoms with Crippen LogP contribution in [0.1, 0.15) is 77.8 Å². The molecule has 1 unspecified atom stereocenters. The van der Waals surface area contributed by atoms with Gasteiger partial charge in [0, 0.05) is 60.2 Å². The van der Waals surface area contributed by atoms with Gasteiger partial charge in [0.25, 0.3) is 0 Å². The van der Waals surface area contributed by atoms with Crippen LogP contribution in [0.2, 0.25) is 5.02 Å². The van der Waals surface area contributed by atoms with Crippen molar-refractivity contribution in [2.24, 2.45) is 10.7 Å². The lowest BCUT2D eigenvalue weighted by Gasteiger charge is -2.34. The zero-order chi connectivity index (χ0) is 31.2. The van der Waals surface area contributed by atoms with Gasteiger partial charge in [-0.3, -0.25) is 24.0 Å². The Morgan fingerprint density at radius 3 is 2.41 bits per heavy atom. The number of aliphatic imine (C=N–C) groups is 1. The summed E-state index contributed by atoms with van der Waals surface area (Å²) in [5.74, 6) is 1.63. The molecule has 0 aliphatic carbocycles. The molecule has 10 nitrogen and oxygen atoms in total. The van der Waals surface area contributed by atoms with Crippen molar-refractivity contribution >= 4 is 65.3 Å². The number of nitrogens with zero attached hydrogens (tertiary/aromatic N) is 6. The number of halogens is 3. The maximum atomic E-state index is 13.2. The van der Waals surface area contributed by atoms with Crippen molar-refractivity contribution in [3.63, 3.8) is 0 Å². The summed E-state index contributed by atoms with van der Waals surface area (Å²) < 4.78 is 2.06. The predicted molar refractivity (Wildman–Crippen MR) is 191 cm³/mol. The Labute approximate surface area is 293 Å². The summed E-state index contributed by atoms with van der Waals surface area (Å²) in [7, 11) is 0. The average molecular weight is 712 g/mol. The van der Waals surface area contributed by atoms with Crippen molar-refractivity contribution in [3.8, 4) is 5.00 Å². The Morgan fingerprint density at radius 1 is 1.00 bits per heavy atom. The topological polar surface area (TPSA) is 122 Å². The number of hydrogen-bond donors (Lipinski definition) is 2. The number of amides is 2. The number of rotatable bonds is 12. The summed E-state index contributed by atoms with van der Waals surface area (Å²) in [5, 5.41) is 13.7. The quantitative estimate of drug-likeness (QED) is 0.249. The van der Waals surface area contributed by atoms with Crippen molar-refractivity contribution in [1.82, 2.24) is 29.9 Å². The minimum absolute atomic E-state index is 0. The van der Waals surface area contributed by atoms with E-state index in [2.05, 4.69) is 38.8 Å². The van der Waals surface area contributed by atoms with Gasteiger partial charge in [0.1, 0.15) is 16.9 Å². The number of aromatic nitrogens is 3. The first-order valence-corrected chi connectivity index (χ1v) is 16.8. The van der Waals surface area contributed by atoms with Crippen molar-refractivity contribution in [1.29, 1.82) is 0 Å². The Bertz CT molecular complexity index is 1500. The van der Waals surface area contributed by atoms with Gasteiger partial charge in [-0.25, -0.2) is 0 Å². The average Bonchev–Trinajstić information content (AvgIpc) is 3.50. The van der Waals surface area contributed by atoms with E-state index in [4.69, 9.17) is 22.3 Å². The van der Waals surface area contributed by atoms with Gasteiger partial charge in [-0.05, 0) is 70.8 Å². The van der Waals surface area contributed by atoms with E-state index in [1.807, 2.05) is 36.1 Å². The number of aryl methyl sites for hydroxylation is 2. The third-order valence-electron chi connectivity index (χ3n) is 8.53. The molecular formula is C32H45Cl3N8O2S. The van der Waals surface area contributed by atoms with Crippen molar-refractivity contribution in [3.05, 3.63) is 62.5 Å². The molecule has 1 saturated heterocycles. The minimum Gasteiger partial charge on any atom is -0.356 e. The molecule has 5 rings (SSSR count). The first-order chi connectivity index (χ1) is 21.3. The fraction of sp³-hybridized carbons (Fsp3) is 0.531. The number of nitrogens with one attached hydrogen (secondary N) is 1. The van der Waals surface area contributed by atoms with E-state index in [0.717, 1.165) is 91.6 Å². The molecular weight excluding hydrogens is 667 g/mol. The number of fused-ring (bicyclic) bond motifs is 3. The monoisotopic (exact) mass is 710 g/mol. The molecule has 4 heterocycles. The molecule has 2 amide bonds. The highest BCUT2D eigenvalue weighted by Crippen LogP contribution is 2.39. The van der Waals surface area contributed by atoms with Crippen molar-refractivity contribution < 1.29 is 9.59 Å². The molecule has 0 radical (unpaired) electrons. The highest BCUT2D eigenvalue weighted by atomic mass is 35.5. The minimum atomic E-state index is -0.484. The number of piperazine rings is 1. The van der Waals surface area contributed by atoms with E-state index in [0.29, 0.717) is 30.4 Å². The fourth-order valence-electron chi connectivity index (χ4n) is 5.89. The number of unbranched alkanes of at least 4 members (excludes halogenated alkanes) is 2. The Morgan fingerprint density at radius 2 is 1.72 bits per heavy atom. The van der Waals surface area contributed by atoms with Crippen molar-refractivity contribution in [2.75, 3.05) is 45.8 Å². The second kappa shape index (κ2) is 17.6. The summed E-state index contributed by atoms with van der Waals surface area (Å²) >= 11 is 7.91. The Hall–Kier alpha value is -2.54.